The van der Waals surface area contributed by atoms with E-state index in [1.54, 1.807) is 0 Å². The minimum Gasteiger partial charge on any atom is -0.485 e. The van der Waals surface area contributed by atoms with Gasteiger partial charge >= 0.3 is 0 Å². The van der Waals surface area contributed by atoms with E-state index in [1.807, 2.05) is 42.5 Å². The van der Waals surface area contributed by atoms with Crippen LogP contribution >= 0.6 is 0 Å². The normalized spacial score (nSPS) is 14.7. The first-order valence-corrected chi connectivity index (χ1v) is 11.3. The lowest BCUT2D eigenvalue weighted by Gasteiger charge is -2.34. The molecule has 0 unspecified atom stereocenters. The van der Waals surface area contributed by atoms with E-state index in [4.69, 9.17) is 15.2 Å². The van der Waals surface area contributed by atoms with Gasteiger partial charge in [0.2, 0.25) is 5.91 Å². The lowest BCUT2D eigenvalue weighted by Crippen LogP contribution is -2.48. The number of carbonyl (C=O) groups excluding carboxylic acids is 1. The maximum Gasteiger partial charge on any atom is 0.231 e. The van der Waals surface area contributed by atoms with E-state index in [0.29, 0.717) is 19.8 Å². The van der Waals surface area contributed by atoms with Crippen LogP contribution in [0.25, 0.3) is 0 Å². The molecule has 0 saturated carbocycles. The van der Waals surface area contributed by atoms with Crippen molar-refractivity contribution >= 4 is 5.91 Å². The molecule has 172 valence electrons. The van der Waals surface area contributed by atoms with E-state index >= 15 is 0 Å². The second kappa shape index (κ2) is 11.5. The zero-order valence-corrected chi connectivity index (χ0v) is 18.9. The van der Waals surface area contributed by atoms with Gasteiger partial charge in [-0.25, -0.2) is 0 Å². The number of hydrogen-bond donors (Lipinski definition) is 1. The van der Waals surface area contributed by atoms with Crippen molar-refractivity contribution in [2.24, 2.45) is 5.73 Å². The van der Waals surface area contributed by atoms with Crippen molar-refractivity contribution in [1.29, 1.82) is 0 Å². The molecule has 6 heteroatoms. The molecule has 3 aromatic carbocycles. The average Bonchev–Trinajstić information content (AvgIpc) is 2.84. The van der Waals surface area contributed by atoms with E-state index < -0.39 is 0 Å². The second-order valence-corrected chi connectivity index (χ2v) is 8.35. The van der Waals surface area contributed by atoms with Crippen molar-refractivity contribution in [2.45, 2.75) is 19.8 Å². The van der Waals surface area contributed by atoms with Crippen LogP contribution in [0.2, 0.25) is 0 Å². The highest BCUT2D eigenvalue weighted by Crippen LogP contribution is 2.30. The quantitative estimate of drug-likeness (QED) is 0.518. The minimum atomic E-state index is -0.269. The number of benzene rings is 3. The van der Waals surface area contributed by atoms with Crippen LogP contribution in [0, 0.1) is 0 Å². The van der Waals surface area contributed by atoms with E-state index in [-0.39, 0.29) is 5.91 Å². The largest absolute Gasteiger partial charge is 0.485 e. The molecule has 1 fully saturated rings. The van der Waals surface area contributed by atoms with Gasteiger partial charge in [0.1, 0.15) is 13.2 Å². The molecule has 3 aromatic rings. The monoisotopic (exact) mass is 445 g/mol. The fourth-order valence-electron chi connectivity index (χ4n) is 3.94. The van der Waals surface area contributed by atoms with Crippen molar-refractivity contribution < 1.29 is 14.3 Å². The molecule has 2 N–H and O–H groups in total. The number of carbonyl (C=O) groups is 1. The number of rotatable bonds is 10. The number of ether oxygens (including phenoxy) is 2. The fraction of sp³-hybridized carbons (Fsp3) is 0.296. The molecule has 0 bridgehead atoms. The molecule has 6 nitrogen and oxygen atoms in total. The maximum absolute atomic E-state index is 11.2. The predicted molar refractivity (Wildman–Crippen MR) is 129 cm³/mol. The molecule has 0 aromatic heterocycles. The third kappa shape index (κ3) is 7.07. The van der Waals surface area contributed by atoms with Crippen LogP contribution in [0.15, 0.2) is 78.9 Å². The molecule has 1 aliphatic heterocycles. The summed E-state index contributed by atoms with van der Waals surface area (Å²) >= 11 is 0. The van der Waals surface area contributed by atoms with Crippen LogP contribution in [0.4, 0.5) is 0 Å². The Morgan fingerprint density at radius 2 is 1.24 bits per heavy atom. The van der Waals surface area contributed by atoms with Crippen molar-refractivity contribution in [2.75, 3.05) is 32.7 Å². The van der Waals surface area contributed by atoms with E-state index in [9.17, 15) is 4.79 Å². The number of primary amides is 1. The number of piperazine rings is 1. The second-order valence-electron chi connectivity index (χ2n) is 8.35. The summed E-state index contributed by atoms with van der Waals surface area (Å²) in [5, 5.41) is 0. The maximum atomic E-state index is 11.2. The molecule has 0 spiro atoms. The van der Waals surface area contributed by atoms with Crippen molar-refractivity contribution in [3.8, 4) is 11.5 Å². The standard InChI is InChI=1S/C27H31N3O3/c28-27(31)19-30-15-13-29(14-16-30)18-24-11-12-25(32-20-22-7-3-1-4-8-22)26(17-24)33-21-23-9-5-2-6-10-23/h1-12,17H,13-16,18-21H2,(H2,28,31). The Balaban J connectivity index is 1.42. The Labute approximate surface area is 195 Å². The van der Waals surface area contributed by atoms with Gasteiger partial charge < -0.3 is 15.2 Å². The molecule has 33 heavy (non-hydrogen) atoms. The lowest BCUT2D eigenvalue weighted by atomic mass is 10.1. The SMILES string of the molecule is NC(=O)CN1CCN(Cc2ccc(OCc3ccccc3)c(OCc3ccccc3)c2)CC1. The number of hydrogen-bond acceptors (Lipinski definition) is 5. The van der Waals surface area contributed by atoms with Gasteiger partial charge in [-0.15, -0.1) is 0 Å². The molecule has 0 radical (unpaired) electrons. The zero-order chi connectivity index (χ0) is 22.9. The summed E-state index contributed by atoms with van der Waals surface area (Å²) in [6.07, 6.45) is 0. The van der Waals surface area contributed by atoms with Crippen molar-refractivity contribution in [1.82, 2.24) is 9.80 Å². The molecular weight excluding hydrogens is 414 g/mol. The van der Waals surface area contributed by atoms with Gasteiger partial charge in [-0.2, -0.15) is 0 Å². The predicted octanol–water partition coefficient (Wildman–Crippen LogP) is 3.45. The molecule has 0 atom stereocenters. The summed E-state index contributed by atoms with van der Waals surface area (Å²) in [6.45, 7) is 5.63. The van der Waals surface area contributed by atoms with Crippen molar-refractivity contribution in [3.05, 3.63) is 95.6 Å². The van der Waals surface area contributed by atoms with Gasteiger partial charge in [0.15, 0.2) is 11.5 Å². The highest BCUT2D eigenvalue weighted by Gasteiger charge is 2.19. The Kier molecular flexibility index (Phi) is 7.95. The van der Waals surface area contributed by atoms with Crippen LogP contribution in [0.3, 0.4) is 0 Å². The van der Waals surface area contributed by atoms with Gasteiger partial charge in [-0.3, -0.25) is 14.6 Å². The highest BCUT2D eigenvalue weighted by atomic mass is 16.5. The Bertz CT molecular complexity index is 1020. The van der Waals surface area contributed by atoms with Crippen LogP contribution in [0.1, 0.15) is 16.7 Å². The van der Waals surface area contributed by atoms with Gasteiger partial charge in [-0.05, 0) is 28.8 Å². The molecule has 0 aliphatic carbocycles. The Hall–Kier alpha value is -3.35. The van der Waals surface area contributed by atoms with Gasteiger partial charge in [0, 0.05) is 32.7 Å². The molecule has 4 rings (SSSR count). The van der Waals surface area contributed by atoms with Crippen LogP contribution < -0.4 is 15.2 Å². The average molecular weight is 446 g/mol. The van der Waals surface area contributed by atoms with Crippen LogP contribution in [-0.4, -0.2) is 48.4 Å². The summed E-state index contributed by atoms with van der Waals surface area (Å²) in [5.41, 5.74) is 8.73. The molecule has 1 saturated heterocycles. The van der Waals surface area contributed by atoms with Crippen molar-refractivity contribution in [3.63, 3.8) is 0 Å². The number of nitrogens with two attached hydrogens (primary N) is 1. The molecule has 1 amide bonds. The summed E-state index contributed by atoms with van der Waals surface area (Å²) in [6, 6.07) is 26.5. The number of nitrogens with zero attached hydrogens (tertiary/aromatic N) is 2. The van der Waals surface area contributed by atoms with Crippen LogP contribution in [0.5, 0.6) is 11.5 Å². The third-order valence-electron chi connectivity index (χ3n) is 5.73. The van der Waals surface area contributed by atoms with E-state index in [2.05, 4.69) is 46.2 Å². The lowest BCUT2D eigenvalue weighted by molar-refractivity contribution is -0.119. The molecule has 1 aliphatic rings. The van der Waals surface area contributed by atoms with Gasteiger partial charge in [0.25, 0.3) is 0 Å². The summed E-state index contributed by atoms with van der Waals surface area (Å²) in [7, 11) is 0. The first kappa shape index (κ1) is 22.8. The number of amides is 1. The van der Waals surface area contributed by atoms with Crippen LogP contribution in [-0.2, 0) is 24.6 Å². The van der Waals surface area contributed by atoms with Gasteiger partial charge in [-0.1, -0.05) is 66.7 Å². The molecule has 1 heterocycles. The minimum absolute atomic E-state index is 0.269. The Morgan fingerprint density at radius 1 is 0.697 bits per heavy atom. The fourth-order valence-corrected chi connectivity index (χ4v) is 3.94. The first-order valence-electron chi connectivity index (χ1n) is 11.3. The topological polar surface area (TPSA) is 68.0 Å². The molecular formula is C27H31N3O3. The smallest absolute Gasteiger partial charge is 0.231 e. The zero-order valence-electron chi connectivity index (χ0n) is 18.9. The summed E-state index contributed by atoms with van der Waals surface area (Å²) in [4.78, 5) is 15.7. The summed E-state index contributed by atoms with van der Waals surface area (Å²) in [5.74, 6) is 1.22. The third-order valence-corrected chi connectivity index (χ3v) is 5.73. The van der Waals surface area contributed by atoms with E-state index in [0.717, 1.165) is 55.3 Å². The van der Waals surface area contributed by atoms with Gasteiger partial charge in [0.05, 0.1) is 6.54 Å². The first-order chi connectivity index (χ1) is 16.2. The Morgan fingerprint density at radius 3 is 1.82 bits per heavy atom. The van der Waals surface area contributed by atoms with E-state index in [1.165, 1.54) is 5.56 Å². The summed E-state index contributed by atoms with van der Waals surface area (Å²) < 4.78 is 12.3. The highest BCUT2D eigenvalue weighted by molar-refractivity contribution is 5.75.